The van der Waals surface area contributed by atoms with Crippen LogP contribution in [0.3, 0.4) is 0 Å². The first-order valence-electron chi connectivity index (χ1n) is 3.98. The molecule has 0 saturated carbocycles. The van der Waals surface area contributed by atoms with Gasteiger partial charge in [0.2, 0.25) is 0 Å². The van der Waals surface area contributed by atoms with Crippen LogP contribution in [0.4, 0.5) is 0 Å². The molecule has 1 nitrogen and oxygen atoms in total. The molecule has 0 aliphatic carbocycles. The van der Waals surface area contributed by atoms with Crippen LogP contribution < -0.4 is 0 Å². The van der Waals surface area contributed by atoms with E-state index in [1.807, 2.05) is 12.1 Å². The Bertz CT molecular complexity index is 292. The van der Waals surface area contributed by atoms with Gasteiger partial charge in [-0.05, 0) is 31.0 Å². The van der Waals surface area contributed by atoms with Crippen molar-refractivity contribution in [2.45, 2.75) is 18.7 Å². The number of carbonyl (C=O) groups excluding carboxylic acids is 1. The molecule has 0 N–H and O–H groups in total. The van der Waals surface area contributed by atoms with Crippen molar-refractivity contribution in [3.63, 3.8) is 0 Å². The zero-order chi connectivity index (χ0) is 9.84. The second kappa shape index (κ2) is 4.64. The molecule has 1 atom stereocenters. The monoisotopic (exact) mass is 216 g/mol. The topological polar surface area (TPSA) is 17.1 Å². The van der Waals surface area contributed by atoms with Crippen molar-refractivity contribution in [2.75, 3.05) is 0 Å². The highest BCUT2D eigenvalue weighted by Crippen LogP contribution is 2.13. The SMILES string of the molecule is CC(=O)[C@H](Cl)Cc1ccc(Cl)cc1. The van der Waals surface area contributed by atoms with Gasteiger partial charge < -0.3 is 0 Å². The van der Waals surface area contributed by atoms with Gasteiger partial charge in [0.1, 0.15) is 5.78 Å². The molecule has 0 amide bonds. The maximum atomic E-state index is 10.9. The molecule has 0 radical (unpaired) electrons. The van der Waals surface area contributed by atoms with Gasteiger partial charge in [0.05, 0.1) is 5.38 Å². The quantitative estimate of drug-likeness (QED) is 0.711. The number of alkyl halides is 1. The van der Waals surface area contributed by atoms with Crippen LogP contribution in [-0.4, -0.2) is 11.2 Å². The van der Waals surface area contributed by atoms with Gasteiger partial charge in [0.25, 0.3) is 0 Å². The Labute approximate surface area is 87.7 Å². The van der Waals surface area contributed by atoms with E-state index in [0.29, 0.717) is 11.4 Å². The third-order valence-corrected chi connectivity index (χ3v) is 2.48. The van der Waals surface area contributed by atoms with E-state index in [2.05, 4.69) is 0 Å². The lowest BCUT2D eigenvalue weighted by Crippen LogP contribution is -2.13. The van der Waals surface area contributed by atoms with Crippen LogP contribution >= 0.6 is 23.2 Å². The number of Topliss-reactive ketones (excluding diaryl/α,β-unsaturated/α-hetero) is 1. The predicted molar refractivity (Wildman–Crippen MR) is 55.5 cm³/mol. The average molecular weight is 217 g/mol. The Morgan fingerprint density at radius 2 is 1.92 bits per heavy atom. The fraction of sp³-hybridized carbons (Fsp3) is 0.300. The van der Waals surface area contributed by atoms with Gasteiger partial charge in [0.15, 0.2) is 0 Å². The Morgan fingerprint density at radius 3 is 2.38 bits per heavy atom. The van der Waals surface area contributed by atoms with Gasteiger partial charge in [0, 0.05) is 5.02 Å². The number of carbonyl (C=O) groups is 1. The van der Waals surface area contributed by atoms with E-state index in [1.54, 1.807) is 12.1 Å². The fourth-order valence-electron chi connectivity index (χ4n) is 0.971. The molecule has 0 aromatic heterocycles. The summed E-state index contributed by atoms with van der Waals surface area (Å²) in [5.41, 5.74) is 1.03. The molecule has 0 unspecified atom stereocenters. The van der Waals surface area contributed by atoms with E-state index in [9.17, 15) is 4.79 Å². The van der Waals surface area contributed by atoms with Crippen LogP contribution in [-0.2, 0) is 11.2 Å². The zero-order valence-electron chi connectivity index (χ0n) is 7.26. The summed E-state index contributed by atoms with van der Waals surface area (Å²) in [6, 6.07) is 7.34. The lowest BCUT2D eigenvalue weighted by Gasteiger charge is -2.04. The Kier molecular flexibility index (Phi) is 3.76. The summed E-state index contributed by atoms with van der Waals surface area (Å²) in [4.78, 5) is 10.9. The third kappa shape index (κ3) is 3.37. The molecule has 0 spiro atoms. The first kappa shape index (κ1) is 10.6. The molecule has 0 saturated heterocycles. The van der Waals surface area contributed by atoms with Gasteiger partial charge >= 0.3 is 0 Å². The highest BCUT2D eigenvalue weighted by atomic mass is 35.5. The maximum Gasteiger partial charge on any atom is 0.147 e. The summed E-state index contributed by atoms with van der Waals surface area (Å²) in [5, 5.41) is 0.263. The molecular weight excluding hydrogens is 207 g/mol. The first-order chi connectivity index (χ1) is 6.09. The van der Waals surface area contributed by atoms with Crippen LogP contribution in [0.25, 0.3) is 0 Å². The molecule has 1 aromatic rings. The van der Waals surface area contributed by atoms with Crippen LogP contribution in [0.5, 0.6) is 0 Å². The standard InChI is InChI=1S/C10H10Cl2O/c1-7(13)10(12)6-8-2-4-9(11)5-3-8/h2-5,10H,6H2,1H3/t10-/m1/s1. The second-order valence-electron chi connectivity index (χ2n) is 2.91. The number of rotatable bonds is 3. The van der Waals surface area contributed by atoms with Crippen LogP contribution in [0.1, 0.15) is 12.5 Å². The van der Waals surface area contributed by atoms with Crippen molar-refractivity contribution >= 4 is 29.0 Å². The molecule has 3 heteroatoms. The van der Waals surface area contributed by atoms with Crippen molar-refractivity contribution in [3.8, 4) is 0 Å². The van der Waals surface area contributed by atoms with Crippen LogP contribution in [0, 0.1) is 0 Å². The van der Waals surface area contributed by atoms with Crippen molar-refractivity contribution in [3.05, 3.63) is 34.9 Å². The highest BCUT2D eigenvalue weighted by molar-refractivity contribution is 6.31. The smallest absolute Gasteiger partial charge is 0.147 e. The lowest BCUT2D eigenvalue weighted by atomic mass is 10.1. The van der Waals surface area contributed by atoms with E-state index in [1.165, 1.54) is 6.92 Å². The summed E-state index contributed by atoms with van der Waals surface area (Å²) < 4.78 is 0. The molecule has 1 aromatic carbocycles. The Hall–Kier alpha value is -0.530. The normalized spacial score (nSPS) is 12.5. The minimum atomic E-state index is -0.429. The molecule has 0 bridgehead atoms. The van der Waals surface area contributed by atoms with Crippen molar-refractivity contribution in [1.82, 2.24) is 0 Å². The summed E-state index contributed by atoms with van der Waals surface area (Å²) in [7, 11) is 0. The number of ketones is 1. The molecular formula is C10H10Cl2O. The average Bonchev–Trinajstić information content (AvgIpc) is 2.08. The van der Waals surface area contributed by atoms with Crippen molar-refractivity contribution in [1.29, 1.82) is 0 Å². The minimum absolute atomic E-state index is 0.00313. The van der Waals surface area contributed by atoms with Gasteiger partial charge in [-0.1, -0.05) is 23.7 Å². The van der Waals surface area contributed by atoms with E-state index >= 15 is 0 Å². The molecule has 1 rings (SSSR count). The number of hydrogen-bond donors (Lipinski definition) is 0. The molecule has 0 aliphatic heterocycles. The van der Waals surface area contributed by atoms with Crippen LogP contribution in [0.2, 0.25) is 5.02 Å². The predicted octanol–water partition coefficient (Wildman–Crippen LogP) is 3.08. The Balaban J connectivity index is 2.64. The molecule has 13 heavy (non-hydrogen) atoms. The van der Waals surface area contributed by atoms with Gasteiger partial charge in [-0.2, -0.15) is 0 Å². The van der Waals surface area contributed by atoms with E-state index in [4.69, 9.17) is 23.2 Å². The number of benzene rings is 1. The molecule has 0 heterocycles. The minimum Gasteiger partial charge on any atom is -0.298 e. The first-order valence-corrected chi connectivity index (χ1v) is 4.80. The van der Waals surface area contributed by atoms with Crippen LogP contribution in [0.15, 0.2) is 24.3 Å². The summed E-state index contributed by atoms with van der Waals surface area (Å²) in [6.07, 6.45) is 0.564. The zero-order valence-corrected chi connectivity index (χ0v) is 8.77. The van der Waals surface area contributed by atoms with Gasteiger partial charge in [-0.15, -0.1) is 11.6 Å². The summed E-state index contributed by atoms with van der Waals surface area (Å²) >= 11 is 11.5. The van der Waals surface area contributed by atoms with Gasteiger partial charge in [-0.3, -0.25) is 4.79 Å². The largest absolute Gasteiger partial charge is 0.298 e. The van der Waals surface area contributed by atoms with E-state index < -0.39 is 5.38 Å². The van der Waals surface area contributed by atoms with E-state index in [0.717, 1.165) is 5.56 Å². The van der Waals surface area contributed by atoms with E-state index in [-0.39, 0.29) is 5.78 Å². The number of halogens is 2. The molecule has 0 aliphatic rings. The summed E-state index contributed by atoms with van der Waals surface area (Å²) in [5.74, 6) is -0.00313. The maximum absolute atomic E-state index is 10.9. The Morgan fingerprint density at radius 1 is 1.38 bits per heavy atom. The lowest BCUT2D eigenvalue weighted by molar-refractivity contribution is -0.116. The molecule has 70 valence electrons. The fourth-order valence-corrected chi connectivity index (χ4v) is 1.28. The molecule has 0 fully saturated rings. The third-order valence-electron chi connectivity index (χ3n) is 1.77. The second-order valence-corrected chi connectivity index (χ2v) is 3.87. The highest BCUT2D eigenvalue weighted by Gasteiger charge is 2.10. The van der Waals surface area contributed by atoms with Crippen molar-refractivity contribution in [2.24, 2.45) is 0 Å². The number of hydrogen-bond acceptors (Lipinski definition) is 1. The summed E-state index contributed by atoms with van der Waals surface area (Å²) in [6.45, 7) is 1.49. The van der Waals surface area contributed by atoms with Gasteiger partial charge in [-0.25, -0.2) is 0 Å². The van der Waals surface area contributed by atoms with Crippen molar-refractivity contribution < 1.29 is 4.79 Å².